The molecular formula is C13H22N2O. The van der Waals surface area contributed by atoms with E-state index >= 15 is 0 Å². The number of rotatable bonds is 6. The maximum absolute atomic E-state index is 5.68. The summed E-state index contributed by atoms with van der Waals surface area (Å²) in [5.74, 6) is 1.28. The molecule has 0 aliphatic carbocycles. The van der Waals surface area contributed by atoms with Crippen LogP contribution >= 0.6 is 0 Å². The predicted octanol–water partition coefficient (Wildman–Crippen LogP) is 2.66. The fraction of sp³-hybridized carbons (Fsp3) is 0.615. The molecule has 0 amide bonds. The Labute approximate surface area is 98.0 Å². The highest BCUT2D eigenvalue weighted by molar-refractivity contribution is 5.24. The molecule has 16 heavy (non-hydrogen) atoms. The zero-order valence-corrected chi connectivity index (χ0v) is 10.5. The van der Waals surface area contributed by atoms with Crippen molar-refractivity contribution in [3.8, 4) is 5.88 Å². The summed E-state index contributed by atoms with van der Waals surface area (Å²) >= 11 is 0. The number of aryl methyl sites for hydroxylation is 1. The van der Waals surface area contributed by atoms with Gasteiger partial charge in [-0.2, -0.15) is 0 Å². The molecule has 0 aliphatic heterocycles. The lowest BCUT2D eigenvalue weighted by molar-refractivity contribution is 0.242. The molecule has 0 radical (unpaired) electrons. The lowest BCUT2D eigenvalue weighted by Gasteiger charge is -2.12. The number of nitrogens with zero attached hydrogens (tertiary/aromatic N) is 1. The lowest BCUT2D eigenvalue weighted by atomic mass is 10.1. The number of pyridine rings is 1. The van der Waals surface area contributed by atoms with E-state index in [1.807, 2.05) is 19.1 Å². The van der Waals surface area contributed by atoms with E-state index in [0.717, 1.165) is 17.9 Å². The highest BCUT2D eigenvalue weighted by Crippen LogP contribution is 2.14. The smallest absolute Gasteiger partial charge is 0.213 e. The largest absolute Gasteiger partial charge is 0.477 e. The molecule has 1 rings (SSSR count). The van der Waals surface area contributed by atoms with Crippen molar-refractivity contribution in [3.63, 3.8) is 0 Å². The van der Waals surface area contributed by atoms with Crippen LogP contribution in [0.3, 0.4) is 0 Å². The second kappa shape index (κ2) is 6.48. The molecule has 1 heterocycles. The molecule has 0 saturated carbocycles. The molecule has 0 fully saturated rings. The van der Waals surface area contributed by atoms with Gasteiger partial charge in [0.15, 0.2) is 0 Å². The van der Waals surface area contributed by atoms with E-state index in [4.69, 9.17) is 10.5 Å². The summed E-state index contributed by atoms with van der Waals surface area (Å²) in [5.41, 5.74) is 7.64. The van der Waals surface area contributed by atoms with Crippen LogP contribution in [0.1, 0.15) is 37.9 Å². The first kappa shape index (κ1) is 13.0. The van der Waals surface area contributed by atoms with Crippen molar-refractivity contribution in [2.24, 2.45) is 11.7 Å². The molecule has 3 heteroatoms. The quantitative estimate of drug-likeness (QED) is 0.805. The van der Waals surface area contributed by atoms with Gasteiger partial charge in [0.1, 0.15) is 0 Å². The summed E-state index contributed by atoms with van der Waals surface area (Å²) in [7, 11) is 0. The standard InChI is InChI=1S/C13H22N2O/c1-4-5-10(2)9-16-13-7-12(8-14)6-11(3)15-13/h6-7,10H,4-5,8-9,14H2,1-3H3. The predicted molar refractivity (Wildman–Crippen MR) is 66.4 cm³/mol. The second-order valence-electron chi connectivity index (χ2n) is 4.36. The van der Waals surface area contributed by atoms with Crippen LogP contribution in [0.5, 0.6) is 5.88 Å². The van der Waals surface area contributed by atoms with Gasteiger partial charge in [-0.05, 0) is 30.9 Å². The van der Waals surface area contributed by atoms with Gasteiger partial charge >= 0.3 is 0 Å². The molecule has 1 unspecified atom stereocenters. The first-order chi connectivity index (χ1) is 7.65. The van der Waals surface area contributed by atoms with Crippen LogP contribution in [-0.2, 0) is 6.54 Å². The topological polar surface area (TPSA) is 48.1 Å². The summed E-state index contributed by atoms with van der Waals surface area (Å²) < 4.78 is 5.68. The molecular weight excluding hydrogens is 200 g/mol. The number of hydrogen-bond acceptors (Lipinski definition) is 3. The van der Waals surface area contributed by atoms with Gasteiger partial charge in [-0.25, -0.2) is 4.98 Å². The Morgan fingerprint density at radius 2 is 2.19 bits per heavy atom. The van der Waals surface area contributed by atoms with Crippen LogP contribution in [0.2, 0.25) is 0 Å². The van der Waals surface area contributed by atoms with E-state index in [9.17, 15) is 0 Å². The zero-order valence-electron chi connectivity index (χ0n) is 10.5. The number of hydrogen-bond donors (Lipinski definition) is 1. The van der Waals surface area contributed by atoms with E-state index in [1.165, 1.54) is 12.8 Å². The van der Waals surface area contributed by atoms with Gasteiger partial charge in [0, 0.05) is 18.3 Å². The average molecular weight is 222 g/mol. The van der Waals surface area contributed by atoms with E-state index < -0.39 is 0 Å². The van der Waals surface area contributed by atoms with Gasteiger partial charge < -0.3 is 10.5 Å². The van der Waals surface area contributed by atoms with E-state index in [2.05, 4.69) is 18.8 Å². The van der Waals surface area contributed by atoms with E-state index in [1.54, 1.807) is 0 Å². The van der Waals surface area contributed by atoms with Gasteiger partial charge in [0.2, 0.25) is 5.88 Å². The van der Waals surface area contributed by atoms with Gasteiger partial charge in [-0.3, -0.25) is 0 Å². The van der Waals surface area contributed by atoms with Crippen molar-refractivity contribution < 1.29 is 4.74 Å². The van der Waals surface area contributed by atoms with Crippen LogP contribution in [0, 0.1) is 12.8 Å². The van der Waals surface area contributed by atoms with Crippen LogP contribution in [0.4, 0.5) is 0 Å². The van der Waals surface area contributed by atoms with Crippen molar-refractivity contribution in [1.82, 2.24) is 4.98 Å². The summed E-state index contributed by atoms with van der Waals surface area (Å²) in [6, 6.07) is 3.91. The second-order valence-corrected chi connectivity index (χ2v) is 4.36. The monoisotopic (exact) mass is 222 g/mol. The SMILES string of the molecule is CCCC(C)COc1cc(CN)cc(C)n1. The molecule has 0 saturated heterocycles. The van der Waals surface area contributed by atoms with Gasteiger partial charge in [-0.15, -0.1) is 0 Å². The number of nitrogens with two attached hydrogens (primary N) is 1. The Hall–Kier alpha value is -1.09. The minimum Gasteiger partial charge on any atom is -0.477 e. The summed E-state index contributed by atoms with van der Waals surface area (Å²) in [6.45, 7) is 7.61. The van der Waals surface area contributed by atoms with Crippen molar-refractivity contribution in [2.75, 3.05) is 6.61 Å². The van der Waals surface area contributed by atoms with Crippen LogP contribution in [0.25, 0.3) is 0 Å². The minimum absolute atomic E-state index is 0.532. The maximum atomic E-state index is 5.68. The third-order valence-corrected chi connectivity index (χ3v) is 2.52. The molecule has 90 valence electrons. The fourth-order valence-electron chi connectivity index (χ4n) is 1.70. The third-order valence-electron chi connectivity index (χ3n) is 2.52. The highest BCUT2D eigenvalue weighted by Gasteiger charge is 2.04. The fourth-order valence-corrected chi connectivity index (χ4v) is 1.70. The van der Waals surface area contributed by atoms with Gasteiger partial charge in [0.25, 0.3) is 0 Å². The molecule has 0 bridgehead atoms. The van der Waals surface area contributed by atoms with E-state index in [-0.39, 0.29) is 0 Å². The van der Waals surface area contributed by atoms with Gasteiger partial charge in [-0.1, -0.05) is 20.3 Å². The number of ether oxygens (including phenoxy) is 1. The van der Waals surface area contributed by atoms with Crippen molar-refractivity contribution >= 4 is 0 Å². The average Bonchev–Trinajstić information content (AvgIpc) is 2.26. The summed E-state index contributed by atoms with van der Waals surface area (Å²) in [4.78, 5) is 4.34. The molecule has 1 atom stereocenters. The van der Waals surface area contributed by atoms with Crippen LogP contribution in [-0.4, -0.2) is 11.6 Å². The molecule has 0 spiro atoms. The Morgan fingerprint density at radius 3 is 2.81 bits per heavy atom. The molecule has 0 aromatic carbocycles. The lowest BCUT2D eigenvalue weighted by Crippen LogP contribution is -2.10. The molecule has 3 nitrogen and oxygen atoms in total. The molecule has 1 aromatic heterocycles. The zero-order chi connectivity index (χ0) is 12.0. The Kier molecular flexibility index (Phi) is 5.26. The Morgan fingerprint density at radius 1 is 1.44 bits per heavy atom. The third kappa shape index (κ3) is 4.19. The summed E-state index contributed by atoms with van der Waals surface area (Å²) in [5, 5.41) is 0. The normalized spacial score (nSPS) is 12.5. The highest BCUT2D eigenvalue weighted by atomic mass is 16.5. The molecule has 0 aliphatic rings. The van der Waals surface area contributed by atoms with Crippen LogP contribution in [0.15, 0.2) is 12.1 Å². The van der Waals surface area contributed by atoms with Crippen molar-refractivity contribution in [3.05, 3.63) is 23.4 Å². The summed E-state index contributed by atoms with van der Waals surface area (Å²) in [6.07, 6.45) is 2.38. The maximum Gasteiger partial charge on any atom is 0.213 e. The van der Waals surface area contributed by atoms with E-state index in [0.29, 0.717) is 18.3 Å². The molecule has 1 aromatic rings. The molecule has 2 N–H and O–H groups in total. The van der Waals surface area contributed by atoms with Crippen LogP contribution < -0.4 is 10.5 Å². The Bertz CT molecular complexity index is 326. The van der Waals surface area contributed by atoms with Crippen molar-refractivity contribution in [2.45, 2.75) is 40.2 Å². The number of aromatic nitrogens is 1. The Balaban J connectivity index is 2.56. The van der Waals surface area contributed by atoms with Gasteiger partial charge in [0.05, 0.1) is 6.61 Å². The first-order valence-electron chi connectivity index (χ1n) is 5.96. The first-order valence-corrected chi connectivity index (χ1v) is 5.96. The van der Waals surface area contributed by atoms with Crippen molar-refractivity contribution in [1.29, 1.82) is 0 Å². The minimum atomic E-state index is 0.532.